The minimum Gasteiger partial charge on any atom is -0.456 e. The third-order valence-corrected chi connectivity index (χ3v) is 2.04. The van der Waals surface area contributed by atoms with Gasteiger partial charge in [-0.1, -0.05) is 0 Å². The third kappa shape index (κ3) is 2.69. The van der Waals surface area contributed by atoms with Gasteiger partial charge in [0.15, 0.2) is 0 Å². The highest BCUT2D eigenvalue weighted by Gasteiger charge is 2.04. The molecular formula is C11H9N3O3. The van der Waals surface area contributed by atoms with E-state index in [0.29, 0.717) is 17.3 Å². The molecule has 86 valence electrons. The summed E-state index contributed by atoms with van der Waals surface area (Å²) in [5.41, 5.74) is 5.45. The zero-order valence-corrected chi connectivity index (χ0v) is 8.74. The first-order valence-corrected chi connectivity index (χ1v) is 4.79. The summed E-state index contributed by atoms with van der Waals surface area (Å²) in [6, 6.07) is 9.08. The Kier molecular flexibility index (Phi) is 2.87. The van der Waals surface area contributed by atoms with Crippen LogP contribution in [0.3, 0.4) is 0 Å². The Labute approximate surface area is 96.8 Å². The van der Waals surface area contributed by atoms with Gasteiger partial charge in [0.2, 0.25) is 0 Å². The number of nitrogens with zero attached hydrogens (tertiary/aromatic N) is 2. The Bertz CT molecular complexity index is 523. The summed E-state index contributed by atoms with van der Waals surface area (Å²) in [5.74, 6) is 1.43. The Morgan fingerprint density at radius 3 is 2.29 bits per heavy atom. The molecule has 2 N–H and O–H groups in total. The molecule has 6 nitrogen and oxygen atoms in total. The predicted octanol–water partition coefficient (Wildman–Crippen LogP) is 2.36. The number of rotatable bonds is 3. The number of nitrogens with two attached hydrogens (primary N) is 1. The van der Waals surface area contributed by atoms with Gasteiger partial charge in [0.05, 0.1) is 11.1 Å². The van der Waals surface area contributed by atoms with Gasteiger partial charge in [-0.15, -0.1) is 0 Å². The monoisotopic (exact) mass is 231 g/mol. The molecule has 0 saturated heterocycles. The number of ether oxygens (including phenoxy) is 1. The van der Waals surface area contributed by atoms with Crippen molar-refractivity contribution in [3.05, 3.63) is 52.7 Å². The second-order valence-corrected chi connectivity index (χ2v) is 3.27. The lowest BCUT2D eigenvalue weighted by atomic mass is 10.3. The highest BCUT2D eigenvalue weighted by atomic mass is 16.6. The van der Waals surface area contributed by atoms with Crippen molar-refractivity contribution in [1.29, 1.82) is 0 Å². The van der Waals surface area contributed by atoms with Crippen molar-refractivity contribution in [3.8, 4) is 11.5 Å². The summed E-state index contributed by atoms with van der Waals surface area (Å²) in [6.45, 7) is 0. The molecule has 0 bridgehead atoms. The molecule has 17 heavy (non-hydrogen) atoms. The number of pyridine rings is 1. The molecule has 0 spiro atoms. The zero-order valence-electron chi connectivity index (χ0n) is 8.74. The van der Waals surface area contributed by atoms with Crippen molar-refractivity contribution >= 4 is 11.5 Å². The van der Waals surface area contributed by atoms with E-state index in [4.69, 9.17) is 10.5 Å². The molecule has 2 rings (SSSR count). The fourth-order valence-electron chi connectivity index (χ4n) is 1.22. The van der Waals surface area contributed by atoms with Crippen LogP contribution in [0.25, 0.3) is 0 Å². The summed E-state index contributed by atoms with van der Waals surface area (Å²) < 4.78 is 5.43. The topological polar surface area (TPSA) is 91.3 Å². The molecular weight excluding hydrogens is 222 g/mol. The maximum Gasteiger partial charge on any atom is 0.269 e. The standard InChI is InChI=1S/C11H9N3O3/c12-11-6-5-10(7-13-11)17-9-3-1-8(2-4-9)14(15)16/h1-7H,(H2,12,13). The number of non-ortho nitro benzene ring substituents is 1. The number of nitrogen functional groups attached to an aromatic ring is 1. The molecule has 0 aliphatic rings. The SMILES string of the molecule is Nc1ccc(Oc2ccc([N+](=O)[O-])cc2)cn1. The summed E-state index contributed by atoms with van der Waals surface area (Å²) in [6.07, 6.45) is 1.48. The molecule has 0 saturated carbocycles. The maximum absolute atomic E-state index is 10.4. The van der Waals surface area contributed by atoms with Crippen molar-refractivity contribution in [2.24, 2.45) is 0 Å². The molecule has 0 aliphatic carbocycles. The quantitative estimate of drug-likeness (QED) is 0.646. The summed E-state index contributed by atoms with van der Waals surface area (Å²) >= 11 is 0. The fourth-order valence-corrected chi connectivity index (χ4v) is 1.22. The minimum absolute atomic E-state index is 0.0211. The first-order valence-electron chi connectivity index (χ1n) is 4.79. The van der Waals surface area contributed by atoms with Gasteiger partial charge in [-0.2, -0.15) is 0 Å². The number of hydrogen-bond acceptors (Lipinski definition) is 5. The van der Waals surface area contributed by atoms with Crippen molar-refractivity contribution in [3.63, 3.8) is 0 Å². The Balaban J connectivity index is 2.13. The molecule has 6 heteroatoms. The van der Waals surface area contributed by atoms with Crippen LogP contribution in [0.5, 0.6) is 11.5 Å². The molecule has 2 aromatic rings. The van der Waals surface area contributed by atoms with Crippen LogP contribution in [0.15, 0.2) is 42.6 Å². The first kappa shape index (κ1) is 10.9. The summed E-state index contributed by atoms with van der Waals surface area (Å²) in [7, 11) is 0. The first-order chi connectivity index (χ1) is 8.15. The molecule has 1 aromatic carbocycles. The lowest BCUT2D eigenvalue weighted by Crippen LogP contribution is -1.91. The Morgan fingerprint density at radius 2 is 1.76 bits per heavy atom. The van der Waals surface area contributed by atoms with E-state index in [2.05, 4.69) is 4.98 Å². The summed E-state index contributed by atoms with van der Waals surface area (Å²) in [4.78, 5) is 13.9. The van der Waals surface area contributed by atoms with Crippen molar-refractivity contribution in [2.75, 3.05) is 5.73 Å². The van der Waals surface area contributed by atoms with Crippen LogP contribution in [0, 0.1) is 10.1 Å². The third-order valence-electron chi connectivity index (χ3n) is 2.04. The van der Waals surface area contributed by atoms with Gasteiger partial charge < -0.3 is 10.5 Å². The van der Waals surface area contributed by atoms with E-state index >= 15 is 0 Å². The maximum atomic E-state index is 10.4. The smallest absolute Gasteiger partial charge is 0.269 e. The number of nitro benzene ring substituents is 1. The second-order valence-electron chi connectivity index (χ2n) is 3.27. The molecule has 0 fully saturated rings. The average molecular weight is 231 g/mol. The number of nitro groups is 1. The highest BCUT2D eigenvalue weighted by Crippen LogP contribution is 2.23. The molecule has 0 unspecified atom stereocenters. The zero-order chi connectivity index (χ0) is 12.3. The Hall–Kier alpha value is -2.63. The van der Waals surface area contributed by atoms with Crippen LogP contribution in [-0.2, 0) is 0 Å². The van der Waals surface area contributed by atoms with Gasteiger partial charge in [-0.05, 0) is 24.3 Å². The lowest BCUT2D eigenvalue weighted by Gasteiger charge is -2.04. The molecule has 0 radical (unpaired) electrons. The van der Waals surface area contributed by atoms with Gasteiger partial charge in [0, 0.05) is 12.1 Å². The minimum atomic E-state index is -0.464. The van der Waals surface area contributed by atoms with Crippen molar-refractivity contribution in [1.82, 2.24) is 4.98 Å². The van der Waals surface area contributed by atoms with Gasteiger partial charge in [-0.3, -0.25) is 10.1 Å². The Morgan fingerprint density at radius 1 is 1.12 bits per heavy atom. The van der Waals surface area contributed by atoms with E-state index in [1.165, 1.54) is 30.5 Å². The van der Waals surface area contributed by atoms with E-state index in [-0.39, 0.29) is 5.69 Å². The van der Waals surface area contributed by atoms with Crippen LogP contribution in [0.2, 0.25) is 0 Å². The number of hydrogen-bond donors (Lipinski definition) is 1. The van der Waals surface area contributed by atoms with Crippen molar-refractivity contribution < 1.29 is 9.66 Å². The normalized spacial score (nSPS) is 9.88. The summed E-state index contributed by atoms with van der Waals surface area (Å²) in [5, 5.41) is 10.4. The van der Waals surface area contributed by atoms with E-state index in [1.807, 2.05) is 0 Å². The van der Waals surface area contributed by atoms with Crippen LogP contribution in [0.1, 0.15) is 0 Å². The molecule has 1 aromatic heterocycles. The number of benzene rings is 1. The van der Waals surface area contributed by atoms with E-state index in [9.17, 15) is 10.1 Å². The fraction of sp³-hybridized carbons (Fsp3) is 0. The molecule has 0 aliphatic heterocycles. The molecule has 1 heterocycles. The molecule has 0 atom stereocenters. The highest BCUT2D eigenvalue weighted by molar-refractivity contribution is 5.39. The van der Waals surface area contributed by atoms with Crippen LogP contribution in [0.4, 0.5) is 11.5 Å². The molecule has 0 amide bonds. The van der Waals surface area contributed by atoms with Gasteiger partial charge >= 0.3 is 0 Å². The van der Waals surface area contributed by atoms with Crippen molar-refractivity contribution in [2.45, 2.75) is 0 Å². The van der Waals surface area contributed by atoms with E-state index in [0.717, 1.165) is 0 Å². The van der Waals surface area contributed by atoms with Gasteiger partial charge in [0.25, 0.3) is 5.69 Å². The lowest BCUT2D eigenvalue weighted by molar-refractivity contribution is -0.384. The van der Waals surface area contributed by atoms with Gasteiger partial charge in [-0.25, -0.2) is 4.98 Å². The van der Waals surface area contributed by atoms with Crippen LogP contribution >= 0.6 is 0 Å². The van der Waals surface area contributed by atoms with E-state index in [1.54, 1.807) is 12.1 Å². The largest absolute Gasteiger partial charge is 0.456 e. The number of aromatic nitrogens is 1. The second kappa shape index (κ2) is 4.48. The number of anilines is 1. The average Bonchev–Trinajstić information content (AvgIpc) is 2.33. The van der Waals surface area contributed by atoms with E-state index < -0.39 is 4.92 Å². The van der Waals surface area contributed by atoms with Crippen LogP contribution in [-0.4, -0.2) is 9.91 Å². The predicted molar refractivity (Wildman–Crippen MR) is 61.8 cm³/mol. The van der Waals surface area contributed by atoms with Gasteiger partial charge in [0.1, 0.15) is 17.3 Å². The van der Waals surface area contributed by atoms with Crippen LogP contribution < -0.4 is 10.5 Å².